The summed E-state index contributed by atoms with van der Waals surface area (Å²) in [5.41, 5.74) is 1.06. The van der Waals surface area contributed by atoms with Crippen molar-refractivity contribution in [2.24, 2.45) is 0 Å². The summed E-state index contributed by atoms with van der Waals surface area (Å²) in [6.07, 6.45) is 1.47. The molecule has 0 fully saturated rings. The number of nitriles is 1. The molecule has 2 aromatic rings. The van der Waals surface area contributed by atoms with E-state index in [0.29, 0.717) is 22.7 Å². The highest BCUT2D eigenvalue weighted by Gasteiger charge is 2.12. The molecule has 0 saturated carbocycles. The Balaban J connectivity index is 2.23. The van der Waals surface area contributed by atoms with Crippen molar-refractivity contribution in [1.29, 1.82) is 5.26 Å². The van der Waals surface area contributed by atoms with Crippen molar-refractivity contribution >= 4 is 17.7 Å². The fraction of sp³-hybridized carbons (Fsp3) is 0.200. The van der Waals surface area contributed by atoms with Crippen LogP contribution in [0, 0.1) is 11.3 Å². The number of anilines is 1. The SMILES string of the molecule is COc1cc(/C=C(\C#N)C(=O)Nc2ccc(O)cc2)ccc1OC(C)C. The van der Waals surface area contributed by atoms with E-state index in [1.165, 1.54) is 25.3 Å². The van der Waals surface area contributed by atoms with E-state index in [4.69, 9.17) is 9.47 Å². The van der Waals surface area contributed by atoms with Crippen molar-refractivity contribution in [2.75, 3.05) is 12.4 Å². The predicted octanol–water partition coefficient (Wildman–Crippen LogP) is 3.73. The Hall–Kier alpha value is -3.46. The fourth-order valence-corrected chi connectivity index (χ4v) is 2.18. The number of carbonyl (C=O) groups excluding carboxylic acids is 1. The minimum Gasteiger partial charge on any atom is -0.508 e. The lowest BCUT2D eigenvalue weighted by Crippen LogP contribution is -2.13. The van der Waals surface area contributed by atoms with E-state index in [1.807, 2.05) is 19.9 Å². The minimum absolute atomic E-state index is 0.00366. The number of benzene rings is 2. The van der Waals surface area contributed by atoms with Gasteiger partial charge in [0.2, 0.25) is 0 Å². The second-order valence-corrected chi connectivity index (χ2v) is 5.75. The maximum atomic E-state index is 12.3. The predicted molar refractivity (Wildman–Crippen MR) is 99.1 cm³/mol. The first-order chi connectivity index (χ1) is 12.4. The monoisotopic (exact) mass is 352 g/mol. The van der Waals surface area contributed by atoms with E-state index >= 15 is 0 Å². The highest BCUT2D eigenvalue weighted by Crippen LogP contribution is 2.29. The van der Waals surface area contributed by atoms with Gasteiger partial charge < -0.3 is 19.9 Å². The molecule has 0 unspecified atom stereocenters. The van der Waals surface area contributed by atoms with E-state index < -0.39 is 5.91 Å². The molecule has 0 heterocycles. The lowest BCUT2D eigenvalue weighted by Gasteiger charge is -2.13. The first kappa shape index (κ1) is 18.9. The van der Waals surface area contributed by atoms with Gasteiger partial charge in [-0.05, 0) is 61.9 Å². The third kappa shape index (κ3) is 5.02. The van der Waals surface area contributed by atoms with Crippen LogP contribution in [0.5, 0.6) is 17.2 Å². The molecule has 134 valence electrons. The molecule has 0 radical (unpaired) electrons. The molecule has 1 amide bonds. The molecule has 2 aromatic carbocycles. The Morgan fingerprint density at radius 3 is 2.46 bits per heavy atom. The van der Waals surface area contributed by atoms with Crippen molar-refractivity contribution in [3.8, 4) is 23.3 Å². The summed E-state index contributed by atoms with van der Waals surface area (Å²) in [5.74, 6) is 0.657. The standard InChI is InChI=1S/C20H20N2O4/c1-13(2)26-18-9-4-14(11-19(18)25-3)10-15(12-21)20(24)22-16-5-7-17(23)8-6-16/h4-11,13,23H,1-3H3,(H,22,24)/b15-10+. The van der Waals surface area contributed by atoms with Crippen LogP contribution in [0.25, 0.3) is 6.08 Å². The molecule has 0 aromatic heterocycles. The van der Waals surface area contributed by atoms with E-state index in [0.717, 1.165) is 0 Å². The van der Waals surface area contributed by atoms with Gasteiger partial charge in [-0.25, -0.2) is 0 Å². The summed E-state index contributed by atoms with van der Waals surface area (Å²) in [5, 5.41) is 21.2. The van der Waals surface area contributed by atoms with Gasteiger partial charge in [0.1, 0.15) is 17.4 Å². The molecule has 0 aliphatic heterocycles. The average molecular weight is 352 g/mol. The maximum absolute atomic E-state index is 12.3. The van der Waals surface area contributed by atoms with Crippen molar-refractivity contribution < 1.29 is 19.4 Å². The smallest absolute Gasteiger partial charge is 0.266 e. The normalized spacial score (nSPS) is 11.0. The van der Waals surface area contributed by atoms with Gasteiger partial charge in [-0.3, -0.25) is 4.79 Å². The number of aromatic hydroxyl groups is 1. The zero-order valence-electron chi connectivity index (χ0n) is 14.8. The molecular formula is C20H20N2O4. The van der Waals surface area contributed by atoms with Crippen LogP contribution in [0.3, 0.4) is 0 Å². The number of hydrogen-bond donors (Lipinski definition) is 2. The Labute approximate surface area is 152 Å². The molecule has 0 aliphatic rings. The number of rotatable bonds is 6. The summed E-state index contributed by atoms with van der Waals surface area (Å²) < 4.78 is 11.0. The van der Waals surface area contributed by atoms with Gasteiger partial charge in [-0.1, -0.05) is 6.07 Å². The van der Waals surface area contributed by atoms with E-state index in [2.05, 4.69) is 5.32 Å². The molecule has 0 spiro atoms. The van der Waals surface area contributed by atoms with Gasteiger partial charge in [0.05, 0.1) is 13.2 Å². The lowest BCUT2D eigenvalue weighted by molar-refractivity contribution is -0.112. The molecule has 0 atom stereocenters. The van der Waals surface area contributed by atoms with E-state index in [1.54, 1.807) is 30.3 Å². The number of phenols is 1. The van der Waals surface area contributed by atoms with Crippen LogP contribution in [-0.2, 0) is 4.79 Å². The largest absolute Gasteiger partial charge is 0.508 e. The third-order valence-corrected chi connectivity index (χ3v) is 3.35. The first-order valence-electron chi connectivity index (χ1n) is 7.99. The topological polar surface area (TPSA) is 91.6 Å². The summed E-state index contributed by atoms with van der Waals surface area (Å²) >= 11 is 0. The molecule has 0 bridgehead atoms. The van der Waals surface area contributed by atoms with Gasteiger partial charge in [-0.2, -0.15) is 5.26 Å². The quantitative estimate of drug-likeness (QED) is 0.469. The molecule has 6 heteroatoms. The van der Waals surface area contributed by atoms with Crippen molar-refractivity contribution in [2.45, 2.75) is 20.0 Å². The maximum Gasteiger partial charge on any atom is 0.266 e. The van der Waals surface area contributed by atoms with Gasteiger partial charge >= 0.3 is 0 Å². The number of ether oxygens (including phenoxy) is 2. The second kappa shape index (κ2) is 8.58. The van der Waals surface area contributed by atoms with Crippen molar-refractivity contribution in [3.05, 3.63) is 53.6 Å². The van der Waals surface area contributed by atoms with Crippen molar-refractivity contribution in [1.82, 2.24) is 0 Å². The summed E-state index contributed by atoms with van der Waals surface area (Å²) in [7, 11) is 1.53. The molecule has 0 aliphatic carbocycles. The highest BCUT2D eigenvalue weighted by molar-refractivity contribution is 6.09. The van der Waals surface area contributed by atoms with Crippen LogP contribution in [0.15, 0.2) is 48.0 Å². The number of carbonyl (C=O) groups is 1. The zero-order chi connectivity index (χ0) is 19.1. The van der Waals surface area contributed by atoms with Crippen LogP contribution in [0.4, 0.5) is 5.69 Å². The fourth-order valence-electron chi connectivity index (χ4n) is 2.18. The number of nitrogens with zero attached hydrogens (tertiary/aromatic N) is 1. The Kier molecular flexibility index (Phi) is 6.23. The second-order valence-electron chi connectivity index (χ2n) is 5.75. The molecule has 26 heavy (non-hydrogen) atoms. The first-order valence-corrected chi connectivity index (χ1v) is 7.99. The summed E-state index contributed by atoms with van der Waals surface area (Å²) in [6.45, 7) is 3.82. The number of methoxy groups -OCH3 is 1. The number of amides is 1. The molecular weight excluding hydrogens is 332 g/mol. The summed E-state index contributed by atoms with van der Waals surface area (Å²) in [6, 6.07) is 13.1. The average Bonchev–Trinajstić information content (AvgIpc) is 2.62. The van der Waals surface area contributed by atoms with Crippen LogP contribution < -0.4 is 14.8 Å². The van der Waals surface area contributed by atoms with E-state index in [9.17, 15) is 15.2 Å². The van der Waals surface area contributed by atoms with Crippen LogP contribution in [0.1, 0.15) is 19.4 Å². The van der Waals surface area contributed by atoms with Gasteiger partial charge in [0.15, 0.2) is 11.5 Å². The Morgan fingerprint density at radius 2 is 1.88 bits per heavy atom. The lowest BCUT2D eigenvalue weighted by atomic mass is 10.1. The zero-order valence-corrected chi connectivity index (χ0v) is 14.8. The third-order valence-electron chi connectivity index (χ3n) is 3.35. The summed E-state index contributed by atoms with van der Waals surface area (Å²) in [4.78, 5) is 12.3. The minimum atomic E-state index is -0.542. The number of phenolic OH excluding ortho intramolecular Hbond substituents is 1. The molecule has 2 rings (SSSR count). The van der Waals surface area contributed by atoms with Crippen LogP contribution in [0.2, 0.25) is 0 Å². The molecule has 2 N–H and O–H groups in total. The Bertz CT molecular complexity index is 849. The molecule has 6 nitrogen and oxygen atoms in total. The van der Waals surface area contributed by atoms with Gasteiger partial charge in [0, 0.05) is 5.69 Å². The van der Waals surface area contributed by atoms with Crippen molar-refractivity contribution in [3.63, 3.8) is 0 Å². The van der Waals surface area contributed by atoms with Gasteiger partial charge in [-0.15, -0.1) is 0 Å². The highest BCUT2D eigenvalue weighted by atomic mass is 16.5. The van der Waals surface area contributed by atoms with Crippen LogP contribution in [-0.4, -0.2) is 24.2 Å². The number of hydrogen-bond acceptors (Lipinski definition) is 5. The number of nitrogens with one attached hydrogen (secondary N) is 1. The Morgan fingerprint density at radius 1 is 1.19 bits per heavy atom. The van der Waals surface area contributed by atoms with Gasteiger partial charge in [0.25, 0.3) is 5.91 Å². The molecule has 0 saturated heterocycles. The van der Waals surface area contributed by atoms with E-state index in [-0.39, 0.29) is 17.4 Å². The van der Waals surface area contributed by atoms with Crippen LogP contribution >= 0.6 is 0 Å².